The second-order valence-electron chi connectivity index (χ2n) is 8.51. The van der Waals surface area contributed by atoms with Crippen molar-refractivity contribution in [3.05, 3.63) is 47.5 Å². The molecule has 1 aliphatic heterocycles. The van der Waals surface area contributed by atoms with Gasteiger partial charge in [0.15, 0.2) is 0 Å². The highest BCUT2D eigenvalue weighted by molar-refractivity contribution is 5.94. The maximum atomic E-state index is 12.9. The highest BCUT2D eigenvalue weighted by Gasteiger charge is 2.61. The first-order valence-corrected chi connectivity index (χ1v) is 9.60. The van der Waals surface area contributed by atoms with Gasteiger partial charge in [-0.25, -0.2) is 0 Å². The molecule has 4 heteroatoms. The molecule has 2 fully saturated rings. The number of nitrogens with zero attached hydrogens (tertiary/aromatic N) is 1. The van der Waals surface area contributed by atoms with Crippen LogP contribution in [0.5, 0.6) is 0 Å². The van der Waals surface area contributed by atoms with E-state index in [9.17, 15) is 9.59 Å². The van der Waals surface area contributed by atoms with E-state index in [-0.39, 0.29) is 29.2 Å². The summed E-state index contributed by atoms with van der Waals surface area (Å²) in [6.45, 7) is 10.0. The minimum Gasteiger partial charge on any atom is -0.349 e. The molecular formula is C22H30N2O2. The third-order valence-electron chi connectivity index (χ3n) is 5.87. The van der Waals surface area contributed by atoms with Gasteiger partial charge in [0.05, 0.1) is 5.92 Å². The smallest absolute Gasteiger partial charge is 0.251 e. The zero-order valence-corrected chi connectivity index (χ0v) is 16.3. The van der Waals surface area contributed by atoms with Crippen LogP contribution in [0, 0.1) is 17.3 Å². The number of hydrogen-bond donors (Lipinski definition) is 1. The molecule has 2 aliphatic rings. The fraction of sp³-hybridized carbons (Fsp3) is 0.545. The molecule has 0 unspecified atom stereocenters. The average Bonchev–Trinajstić information content (AvgIpc) is 3.15. The van der Waals surface area contributed by atoms with Crippen molar-refractivity contribution in [2.45, 2.75) is 46.6 Å². The number of carbonyl (C=O) groups is 2. The van der Waals surface area contributed by atoms with Crippen molar-refractivity contribution < 1.29 is 9.59 Å². The summed E-state index contributed by atoms with van der Waals surface area (Å²) in [7, 11) is 0. The van der Waals surface area contributed by atoms with Crippen LogP contribution in [0.2, 0.25) is 0 Å². The number of rotatable bonds is 4. The van der Waals surface area contributed by atoms with Crippen molar-refractivity contribution in [2.75, 3.05) is 13.1 Å². The van der Waals surface area contributed by atoms with E-state index in [0.717, 1.165) is 25.9 Å². The number of likely N-dealkylation sites (tertiary alicyclic amines) is 1. The third kappa shape index (κ3) is 3.84. The Morgan fingerprint density at radius 1 is 1.12 bits per heavy atom. The lowest BCUT2D eigenvalue weighted by Gasteiger charge is -2.33. The summed E-state index contributed by atoms with van der Waals surface area (Å²) < 4.78 is 0. The van der Waals surface area contributed by atoms with E-state index >= 15 is 0 Å². The Balaban J connectivity index is 1.52. The molecule has 0 radical (unpaired) electrons. The molecule has 0 aromatic heterocycles. The molecule has 140 valence electrons. The molecule has 1 aromatic rings. The molecule has 1 heterocycles. The SMILES string of the molecule is CC(C)=C[C@@H]1[C@H](C(=O)N2CCC(NC(=O)c3ccccc3)CC2)C1(C)C. The Labute approximate surface area is 156 Å². The molecule has 1 saturated carbocycles. The Kier molecular flexibility index (Phi) is 5.22. The normalized spacial score (nSPS) is 24.7. The van der Waals surface area contributed by atoms with Gasteiger partial charge in [-0.05, 0) is 50.2 Å². The van der Waals surface area contributed by atoms with Gasteiger partial charge in [0.2, 0.25) is 5.91 Å². The lowest BCUT2D eigenvalue weighted by molar-refractivity contribution is -0.134. The van der Waals surface area contributed by atoms with E-state index in [1.54, 1.807) is 0 Å². The zero-order valence-electron chi connectivity index (χ0n) is 16.3. The predicted molar refractivity (Wildman–Crippen MR) is 104 cm³/mol. The minimum atomic E-state index is -0.0256. The van der Waals surface area contributed by atoms with Crippen molar-refractivity contribution >= 4 is 11.8 Å². The van der Waals surface area contributed by atoms with E-state index in [2.05, 4.69) is 39.1 Å². The number of hydrogen-bond acceptors (Lipinski definition) is 2. The standard InChI is InChI=1S/C22H30N2O2/c1-15(2)14-18-19(22(18,3)4)21(26)24-12-10-17(11-13-24)23-20(25)16-8-6-5-7-9-16/h5-9,14,17-19H,10-13H2,1-4H3,(H,23,25)/t18-,19-/m1/s1. The van der Waals surface area contributed by atoms with Crippen LogP contribution in [0.15, 0.2) is 42.0 Å². The van der Waals surface area contributed by atoms with Crippen molar-refractivity contribution in [3.63, 3.8) is 0 Å². The largest absolute Gasteiger partial charge is 0.349 e. The van der Waals surface area contributed by atoms with Crippen molar-refractivity contribution in [1.82, 2.24) is 10.2 Å². The molecule has 1 aliphatic carbocycles. The van der Waals surface area contributed by atoms with Crippen LogP contribution in [0.3, 0.4) is 0 Å². The number of benzene rings is 1. The van der Waals surface area contributed by atoms with E-state index < -0.39 is 0 Å². The molecule has 2 amide bonds. The lowest BCUT2D eigenvalue weighted by atomic mass is 10.0. The molecule has 2 atom stereocenters. The van der Waals surface area contributed by atoms with Crippen LogP contribution in [0.4, 0.5) is 0 Å². The van der Waals surface area contributed by atoms with Gasteiger partial charge in [0, 0.05) is 24.7 Å². The summed E-state index contributed by atoms with van der Waals surface area (Å²) in [6, 6.07) is 9.45. The maximum Gasteiger partial charge on any atom is 0.251 e. The Morgan fingerprint density at radius 3 is 2.31 bits per heavy atom. The molecule has 26 heavy (non-hydrogen) atoms. The molecule has 3 rings (SSSR count). The van der Waals surface area contributed by atoms with Crippen LogP contribution in [-0.2, 0) is 4.79 Å². The fourth-order valence-electron chi connectivity index (χ4n) is 4.12. The first-order valence-electron chi connectivity index (χ1n) is 9.60. The second-order valence-corrected chi connectivity index (χ2v) is 8.51. The second kappa shape index (κ2) is 7.26. The number of allylic oxidation sites excluding steroid dienone is 2. The van der Waals surface area contributed by atoms with Crippen molar-refractivity contribution in [2.24, 2.45) is 17.3 Å². The number of carbonyl (C=O) groups excluding carboxylic acids is 2. The summed E-state index contributed by atoms with van der Waals surface area (Å²) in [5.41, 5.74) is 2.03. The van der Waals surface area contributed by atoms with Gasteiger partial charge in [-0.3, -0.25) is 9.59 Å². The molecule has 1 saturated heterocycles. The van der Waals surface area contributed by atoms with Gasteiger partial charge in [-0.15, -0.1) is 0 Å². The quantitative estimate of drug-likeness (QED) is 0.839. The van der Waals surface area contributed by atoms with Crippen LogP contribution in [-0.4, -0.2) is 35.8 Å². The number of amides is 2. The maximum absolute atomic E-state index is 12.9. The Bertz CT molecular complexity index is 696. The van der Waals surface area contributed by atoms with Crippen LogP contribution in [0.1, 0.15) is 50.9 Å². The highest BCUT2D eigenvalue weighted by Crippen LogP contribution is 2.60. The first-order chi connectivity index (χ1) is 12.3. The van der Waals surface area contributed by atoms with E-state index in [1.807, 2.05) is 35.2 Å². The highest BCUT2D eigenvalue weighted by atomic mass is 16.2. The molecule has 1 N–H and O–H groups in total. The third-order valence-corrected chi connectivity index (χ3v) is 5.87. The van der Waals surface area contributed by atoms with Gasteiger partial charge in [0.25, 0.3) is 5.91 Å². The molecule has 4 nitrogen and oxygen atoms in total. The van der Waals surface area contributed by atoms with Gasteiger partial charge < -0.3 is 10.2 Å². The van der Waals surface area contributed by atoms with Crippen LogP contribution >= 0.6 is 0 Å². The lowest BCUT2D eigenvalue weighted by Crippen LogP contribution is -2.47. The summed E-state index contributed by atoms with van der Waals surface area (Å²) >= 11 is 0. The van der Waals surface area contributed by atoms with E-state index in [4.69, 9.17) is 0 Å². The summed E-state index contributed by atoms with van der Waals surface area (Å²) in [4.78, 5) is 27.2. The topological polar surface area (TPSA) is 49.4 Å². The monoisotopic (exact) mass is 354 g/mol. The number of piperidine rings is 1. The molecule has 0 bridgehead atoms. The van der Waals surface area contributed by atoms with Gasteiger partial charge in [-0.2, -0.15) is 0 Å². The van der Waals surface area contributed by atoms with Crippen LogP contribution < -0.4 is 5.32 Å². The Morgan fingerprint density at radius 2 is 1.73 bits per heavy atom. The van der Waals surface area contributed by atoms with Crippen LogP contribution in [0.25, 0.3) is 0 Å². The predicted octanol–water partition coefficient (Wildman–Crippen LogP) is 3.65. The molecule has 0 spiro atoms. The van der Waals surface area contributed by atoms with Crippen molar-refractivity contribution in [1.29, 1.82) is 0 Å². The minimum absolute atomic E-state index is 0.0256. The summed E-state index contributed by atoms with van der Waals surface area (Å²) in [5.74, 6) is 0.719. The number of nitrogens with one attached hydrogen (secondary N) is 1. The summed E-state index contributed by atoms with van der Waals surface area (Å²) in [6.07, 6.45) is 3.89. The van der Waals surface area contributed by atoms with Crippen molar-refractivity contribution in [3.8, 4) is 0 Å². The fourth-order valence-corrected chi connectivity index (χ4v) is 4.12. The van der Waals surface area contributed by atoms with E-state index in [1.165, 1.54) is 5.57 Å². The average molecular weight is 354 g/mol. The Hall–Kier alpha value is -2.10. The zero-order chi connectivity index (χ0) is 18.9. The van der Waals surface area contributed by atoms with Gasteiger partial charge >= 0.3 is 0 Å². The van der Waals surface area contributed by atoms with Gasteiger partial charge in [-0.1, -0.05) is 43.7 Å². The van der Waals surface area contributed by atoms with E-state index in [0.29, 0.717) is 11.5 Å². The molecule has 1 aromatic carbocycles. The summed E-state index contributed by atoms with van der Waals surface area (Å²) in [5, 5.41) is 3.10. The van der Waals surface area contributed by atoms with Gasteiger partial charge in [0.1, 0.15) is 0 Å². The first kappa shape index (κ1) is 18.7. The molecular weight excluding hydrogens is 324 g/mol.